The topological polar surface area (TPSA) is 91.0 Å². The second-order valence-corrected chi connectivity index (χ2v) is 7.32. The quantitative estimate of drug-likeness (QED) is 0.214. The van der Waals surface area contributed by atoms with Gasteiger partial charge in [-0.05, 0) is 41.5 Å². The number of esters is 1. The van der Waals surface area contributed by atoms with Gasteiger partial charge in [-0.2, -0.15) is 0 Å². The van der Waals surface area contributed by atoms with E-state index in [1.807, 2.05) is 30.3 Å². The highest BCUT2D eigenvalue weighted by Crippen LogP contribution is 2.27. The van der Waals surface area contributed by atoms with Gasteiger partial charge in [-0.1, -0.05) is 54.1 Å². The van der Waals surface area contributed by atoms with Gasteiger partial charge in [-0.25, -0.2) is 9.79 Å². The largest absolute Gasteiger partial charge is 0.493 e. The lowest BCUT2D eigenvalue weighted by Gasteiger charge is -2.06. The van der Waals surface area contributed by atoms with Crippen LogP contribution in [0.3, 0.4) is 0 Å². The fraction of sp³-hybridized carbons (Fsp3) is 0.0833. The summed E-state index contributed by atoms with van der Waals surface area (Å²) >= 11 is 5.83. The SMILES string of the molecule is O=C1OC(c2ccc(Cl)c([N+](=O)[O-])c2)=N/C1=C\c1ccc(OCCc2ccccc2)cc1. The summed E-state index contributed by atoms with van der Waals surface area (Å²) in [4.78, 5) is 26.8. The van der Waals surface area contributed by atoms with E-state index in [1.54, 1.807) is 18.2 Å². The van der Waals surface area contributed by atoms with Gasteiger partial charge in [0.05, 0.1) is 11.5 Å². The van der Waals surface area contributed by atoms with Gasteiger partial charge in [-0.15, -0.1) is 0 Å². The molecule has 32 heavy (non-hydrogen) atoms. The van der Waals surface area contributed by atoms with Crippen LogP contribution in [0.25, 0.3) is 6.08 Å². The van der Waals surface area contributed by atoms with Gasteiger partial charge in [-0.3, -0.25) is 10.1 Å². The maximum Gasteiger partial charge on any atom is 0.363 e. The van der Waals surface area contributed by atoms with E-state index in [9.17, 15) is 14.9 Å². The number of nitrogens with zero attached hydrogens (tertiary/aromatic N) is 2. The molecule has 1 heterocycles. The highest BCUT2D eigenvalue weighted by molar-refractivity contribution is 6.32. The van der Waals surface area contributed by atoms with Crippen LogP contribution in [0.2, 0.25) is 5.02 Å². The Labute approximate surface area is 188 Å². The van der Waals surface area contributed by atoms with E-state index in [4.69, 9.17) is 21.1 Å². The van der Waals surface area contributed by atoms with Crippen LogP contribution in [-0.4, -0.2) is 23.4 Å². The monoisotopic (exact) mass is 448 g/mol. The van der Waals surface area contributed by atoms with Gasteiger partial charge in [0.25, 0.3) is 5.69 Å². The van der Waals surface area contributed by atoms with Gasteiger partial charge in [0.2, 0.25) is 5.90 Å². The maximum absolute atomic E-state index is 12.2. The molecule has 8 heteroatoms. The number of carbonyl (C=O) groups is 1. The summed E-state index contributed by atoms with van der Waals surface area (Å²) in [6.07, 6.45) is 2.38. The first-order valence-corrected chi connectivity index (χ1v) is 10.1. The summed E-state index contributed by atoms with van der Waals surface area (Å²) in [5.74, 6) is 0.0671. The summed E-state index contributed by atoms with van der Waals surface area (Å²) in [6.45, 7) is 0.553. The smallest absolute Gasteiger partial charge is 0.363 e. The van der Waals surface area contributed by atoms with Crippen LogP contribution in [0.1, 0.15) is 16.7 Å². The number of carbonyl (C=O) groups excluding carboxylic acids is 1. The molecule has 0 N–H and O–H groups in total. The van der Waals surface area contributed by atoms with Gasteiger partial charge in [0.15, 0.2) is 5.70 Å². The lowest BCUT2D eigenvalue weighted by atomic mass is 10.1. The molecule has 7 nitrogen and oxygen atoms in total. The second kappa shape index (κ2) is 9.45. The molecule has 3 aromatic carbocycles. The fourth-order valence-electron chi connectivity index (χ4n) is 3.07. The predicted molar refractivity (Wildman–Crippen MR) is 121 cm³/mol. The molecule has 0 bridgehead atoms. The van der Waals surface area contributed by atoms with Gasteiger partial charge in [0.1, 0.15) is 10.8 Å². The number of ether oxygens (including phenoxy) is 2. The van der Waals surface area contributed by atoms with Crippen molar-refractivity contribution in [2.24, 2.45) is 4.99 Å². The molecule has 1 aliphatic heterocycles. The number of hydrogen-bond donors (Lipinski definition) is 0. The third kappa shape index (κ3) is 5.01. The molecule has 4 rings (SSSR count). The number of benzene rings is 3. The Balaban J connectivity index is 1.44. The molecule has 0 unspecified atom stereocenters. The van der Waals surface area contributed by atoms with Crippen LogP contribution in [0, 0.1) is 10.1 Å². The average molecular weight is 449 g/mol. The minimum atomic E-state index is -0.638. The summed E-state index contributed by atoms with van der Waals surface area (Å²) in [7, 11) is 0. The van der Waals surface area contributed by atoms with Crippen LogP contribution in [0.4, 0.5) is 5.69 Å². The van der Waals surface area contributed by atoms with Crippen LogP contribution >= 0.6 is 11.6 Å². The van der Waals surface area contributed by atoms with Crippen LogP contribution in [-0.2, 0) is 16.0 Å². The van der Waals surface area contributed by atoms with E-state index in [0.717, 1.165) is 17.7 Å². The summed E-state index contributed by atoms with van der Waals surface area (Å²) in [6, 6.07) is 21.4. The molecule has 0 fully saturated rings. The van der Waals surface area contributed by atoms with Crippen molar-refractivity contribution < 1.29 is 19.2 Å². The third-order valence-corrected chi connectivity index (χ3v) is 5.02. The Morgan fingerprint density at radius 1 is 1.06 bits per heavy atom. The maximum atomic E-state index is 12.2. The molecule has 0 amide bonds. The molecule has 0 spiro atoms. The number of nitro groups is 1. The molecule has 0 saturated heterocycles. The minimum Gasteiger partial charge on any atom is -0.493 e. The van der Waals surface area contributed by atoms with Gasteiger partial charge >= 0.3 is 5.97 Å². The Morgan fingerprint density at radius 2 is 1.81 bits per heavy atom. The molecule has 0 atom stereocenters. The number of nitro benzene ring substituents is 1. The van der Waals surface area contributed by atoms with Crippen molar-refractivity contribution in [2.75, 3.05) is 6.61 Å². The molecule has 0 aliphatic carbocycles. The summed E-state index contributed by atoms with van der Waals surface area (Å²) in [5, 5.41) is 11.1. The number of hydrogen-bond acceptors (Lipinski definition) is 6. The van der Waals surface area contributed by atoms with E-state index in [-0.39, 0.29) is 22.3 Å². The van der Waals surface area contributed by atoms with E-state index < -0.39 is 10.9 Å². The average Bonchev–Trinajstić information content (AvgIpc) is 3.16. The van der Waals surface area contributed by atoms with E-state index in [0.29, 0.717) is 12.2 Å². The lowest BCUT2D eigenvalue weighted by molar-refractivity contribution is -0.384. The molecule has 0 radical (unpaired) electrons. The predicted octanol–water partition coefficient (Wildman–Crippen LogP) is 5.21. The third-order valence-electron chi connectivity index (χ3n) is 4.70. The highest BCUT2D eigenvalue weighted by atomic mass is 35.5. The number of halogens is 1. The van der Waals surface area contributed by atoms with Crippen molar-refractivity contribution in [1.29, 1.82) is 0 Å². The Morgan fingerprint density at radius 3 is 2.53 bits per heavy atom. The summed E-state index contributed by atoms with van der Waals surface area (Å²) in [5.41, 5.74) is 2.03. The van der Waals surface area contributed by atoms with E-state index in [2.05, 4.69) is 17.1 Å². The zero-order chi connectivity index (χ0) is 22.5. The molecular weight excluding hydrogens is 432 g/mol. The Hall–Kier alpha value is -3.97. The zero-order valence-electron chi connectivity index (χ0n) is 16.7. The first-order chi connectivity index (χ1) is 15.5. The number of rotatable bonds is 7. The Bertz CT molecular complexity index is 1220. The van der Waals surface area contributed by atoms with Crippen LogP contribution < -0.4 is 4.74 Å². The molecule has 3 aromatic rings. The first kappa shape index (κ1) is 21.3. The van der Waals surface area contributed by atoms with Crippen molar-refractivity contribution >= 4 is 35.2 Å². The normalized spacial score (nSPS) is 14.2. The molecule has 0 saturated carbocycles. The zero-order valence-corrected chi connectivity index (χ0v) is 17.5. The lowest BCUT2D eigenvalue weighted by Crippen LogP contribution is -2.06. The van der Waals surface area contributed by atoms with E-state index >= 15 is 0 Å². The second-order valence-electron chi connectivity index (χ2n) is 6.91. The van der Waals surface area contributed by atoms with Crippen molar-refractivity contribution in [2.45, 2.75) is 6.42 Å². The molecule has 160 valence electrons. The summed E-state index contributed by atoms with van der Waals surface area (Å²) < 4.78 is 10.9. The minimum absolute atomic E-state index is 0.00878. The van der Waals surface area contributed by atoms with Gasteiger partial charge < -0.3 is 9.47 Å². The van der Waals surface area contributed by atoms with E-state index in [1.165, 1.54) is 23.8 Å². The fourth-order valence-corrected chi connectivity index (χ4v) is 3.25. The molecule has 1 aliphatic rings. The van der Waals surface area contributed by atoms with Crippen LogP contribution in [0.15, 0.2) is 83.5 Å². The standard InChI is InChI=1S/C24H17ClN2O5/c25-20-11-8-18(15-22(20)27(29)30)23-26-21(24(28)32-23)14-17-6-9-19(10-7-17)31-13-12-16-4-2-1-3-5-16/h1-11,14-15H,12-13H2/b21-14-. The van der Waals surface area contributed by atoms with Gasteiger partial charge in [0, 0.05) is 18.1 Å². The number of cyclic esters (lactones) is 1. The van der Waals surface area contributed by atoms with Crippen molar-refractivity contribution in [3.05, 3.63) is 110 Å². The molecule has 0 aromatic heterocycles. The molecular formula is C24H17ClN2O5. The van der Waals surface area contributed by atoms with Crippen LogP contribution in [0.5, 0.6) is 5.75 Å². The first-order valence-electron chi connectivity index (χ1n) is 9.73. The highest BCUT2D eigenvalue weighted by Gasteiger charge is 2.26. The Kier molecular flexibility index (Phi) is 6.28. The van der Waals surface area contributed by atoms with Crippen molar-refractivity contribution in [3.63, 3.8) is 0 Å². The van der Waals surface area contributed by atoms with Crippen molar-refractivity contribution in [1.82, 2.24) is 0 Å². The number of aliphatic imine (C=N–C) groups is 1. The van der Waals surface area contributed by atoms with Crippen molar-refractivity contribution in [3.8, 4) is 5.75 Å².